The topological polar surface area (TPSA) is 32.8 Å². The number of hydrogen-bond acceptors (Lipinski definition) is 4. The van der Waals surface area contributed by atoms with Gasteiger partial charge in [-0.25, -0.2) is 0 Å². The maximum atomic E-state index is 11.8. The first-order valence-corrected chi connectivity index (χ1v) is 7.50. The van der Waals surface area contributed by atoms with Gasteiger partial charge < -0.3 is 4.74 Å². The average Bonchev–Trinajstić information content (AvgIpc) is 2.38. The van der Waals surface area contributed by atoms with E-state index in [0.29, 0.717) is 12.1 Å². The fraction of sp³-hybridized carbons (Fsp3) is 0.933. The second kappa shape index (κ2) is 5.80. The molecule has 0 bridgehead atoms. The van der Waals surface area contributed by atoms with Crippen molar-refractivity contribution in [2.45, 2.75) is 52.1 Å². The fourth-order valence-electron chi connectivity index (χ4n) is 3.48. The Morgan fingerprint density at radius 2 is 2.05 bits per heavy atom. The Balaban J connectivity index is 1.98. The van der Waals surface area contributed by atoms with Gasteiger partial charge in [-0.15, -0.1) is 0 Å². The van der Waals surface area contributed by atoms with Crippen molar-refractivity contribution in [2.24, 2.45) is 5.41 Å². The molecule has 2 saturated heterocycles. The van der Waals surface area contributed by atoms with Gasteiger partial charge in [0.15, 0.2) is 0 Å². The van der Waals surface area contributed by atoms with Crippen molar-refractivity contribution in [3.05, 3.63) is 0 Å². The molecule has 110 valence electrons. The molecule has 0 N–H and O–H groups in total. The van der Waals surface area contributed by atoms with Crippen LogP contribution in [0.5, 0.6) is 0 Å². The molecule has 0 spiro atoms. The number of carbonyl (C=O) groups excluding carboxylic acids is 1. The number of fused-ring (bicyclic) bond motifs is 1. The maximum absolute atomic E-state index is 11.8. The molecule has 2 atom stereocenters. The second-order valence-electron chi connectivity index (χ2n) is 6.80. The lowest BCUT2D eigenvalue weighted by Crippen LogP contribution is -2.60. The third-order valence-corrected chi connectivity index (χ3v) is 4.65. The van der Waals surface area contributed by atoms with Gasteiger partial charge >= 0.3 is 5.97 Å². The molecule has 0 aromatic carbocycles. The Morgan fingerprint density at radius 3 is 2.74 bits per heavy atom. The number of hydrogen-bond donors (Lipinski definition) is 0. The zero-order valence-electron chi connectivity index (χ0n) is 12.8. The standard InChI is InChI=1S/C15H28N2O2/c1-12-9-16-8-6-5-7-13(16)10-17(12)11-15(2,3)14(18)19-4/h12-13H,5-11H2,1-4H3. The smallest absolute Gasteiger partial charge is 0.312 e. The van der Waals surface area contributed by atoms with Gasteiger partial charge in [-0.3, -0.25) is 14.6 Å². The van der Waals surface area contributed by atoms with Gasteiger partial charge in [-0.2, -0.15) is 0 Å². The number of piperidine rings is 1. The molecule has 4 nitrogen and oxygen atoms in total. The van der Waals surface area contributed by atoms with E-state index < -0.39 is 5.41 Å². The molecule has 2 heterocycles. The first kappa shape index (κ1) is 14.8. The number of nitrogens with zero attached hydrogens (tertiary/aromatic N) is 2. The van der Waals surface area contributed by atoms with Crippen molar-refractivity contribution in [1.82, 2.24) is 9.80 Å². The predicted molar refractivity (Wildman–Crippen MR) is 76.0 cm³/mol. The summed E-state index contributed by atoms with van der Waals surface area (Å²) in [4.78, 5) is 16.9. The van der Waals surface area contributed by atoms with E-state index in [-0.39, 0.29) is 5.97 Å². The summed E-state index contributed by atoms with van der Waals surface area (Å²) in [7, 11) is 1.48. The van der Waals surface area contributed by atoms with Crippen LogP contribution < -0.4 is 0 Å². The molecular formula is C15H28N2O2. The van der Waals surface area contributed by atoms with Gasteiger partial charge in [0.1, 0.15) is 0 Å². The molecule has 2 aliphatic heterocycles. The van der Waals surface area contributed by atoms with Crippen molar-refractivity contribution in [3.63, 3.8) is 0 Å². The molecule has 2 fully saturated rings. The van der Waals surface area contributed by atoms with Crippen molar-refractivity contribution in [1.29, 1.82) is 0 Å². The van der Waals surface area contributed by atoms with Crippen molar-refractivity contribution >= 4 is 5.97 Å². The Labute approximate surface area is 117 Å². The van der Waals surface area contributed by atoms with Crippen LogP contribution in [-0.4, -0.2) is 61.1 Å². The molecule has 0 aliphatic carbocycles. The fourth-order valence-corrected chi connectivity index (χ4v) is 3.48. The van der Waals surface area contributed by atoms with Gasteiger partial charge in [0, 0.05) is 31.7 Å². The molecule has 4 heteroatoms. The SMILES string of the molecule is COC(=O)C(C)(C)CN1CC2CCCCN2CC1C. The summed E-state index contributed by atoms with van der Waals surface area (Å²) >= 11 is 0. The van der Waals surface area contributed by atoms with E-state index in [1.165, 1.54) is 32.9 Å². The lowest BCUT2D eigenvalue weighted by atomic mass is 9.90. The van der Waals surface area contributed by atoms with Gasteiger partial charge in [-0.05, 0) is 40.2 Å². The van der Waals surface area contributed by atoms with Crippen LogP contribution in [0.4, 0.5) is 0 Å². The van der Waals surface area contributed by atoms with Gasteiger partial charge in [0.25, 0.3) is 0 Å². The molecule has 2 rings (SSSR count). The predicted octanol–water partition coefficient (Wildman–Crippen LogP) is 1.74. The Morgan fingerprint density at radius 1 is 1.32 bits per heavy atom. The monoisotopic (exact) mass is 268 g/mol. The quantitative estimate of drug-likeness (QED) is 0.730. The van der Waals surface area contributed by atoms with Crippen LogP contribution in [0.2, 0.25) is 0 Å². The summed E-state index contributed by atoms with van der Waals surface area (Å²) in [6.45, 7) is 10.5. The van der Waals surface area contributed by atoms with Gasteiger partial charge in [0.05, 0.1) is 12.5 Å². The zero-order chi connectivity index (χ0) is 14.0. The van der Waals surface area contributed by atoms with Gasteiger partial charge in [-0.1, -0.05) is 6.42 Å². The molecule has 19 heavy (non-hydrogen) atoms. The summed E-state index contributed by atoms with van der Waals surface area (Å²) in [6.07, 6.45) is 4.00. The highest BCUT2D eigenvalue weighted by molar-refractivity contribution is 5.76. The summed E-state index contributed by atoms with van der Waals surface area (Å²) < 4.78 is 4.92. The van der Waals surface area contributed by atoms with Crippen LogP contribution in [0.1, 0.15) is 40.0 Å². The molecule has 0 aromatic heterocycles. The van der Waals surface area contributed by atoms with E-state index in [4.69, 9.17) is 4.74 Å². The van der Waals surface area contributed by atoms with Crippen LogP contribution in [-0.2, 0) is 9.53 Å². The van der Waals surface area contributed by atoms with E-state index in [1.807, 2.05) is 13.8 Å². The molecular weight excluding hydrogens is 240 g/mol. The number of esters is 1. The summed E-state index contributed by atoms with van der Waals surface area (Å²) in [5.41, 5.74) is -0.417. The highest BCUT2D eigenvalue weighted by Crippen LogP contribution is 2.27. The molecule has 2 aliphatic rings. The highest BCUT2D eigenvalue weighted by atomic mass is 16.5. The number of methoxy groups -OCH3 is 1. The van der Waals surface area contributed by atoms with E-state index in [1.54, 1.807) is 0 Å². The lowest BCUT2D eigenvalue weighted by molar-refractivity contribution is -0.152. The third-order valence-electron chi connectivity index (χ3n) is 4.65. The van der Waals surface area contributed by atoms with Crippen LogP contribution in [0.3, 0.4) is 0 Å². The van der Waals surface area contributed by atoms with Crippen LogP contribution in [0, 0.1) is 5.41 Å². The number of carbonyl (C=O) groups is 1. The van der Waals surface area contributed by atoms with E-state index in [9.17, 15) is 4.79 Å². The van der Waals surface area contributed by atoms with E-state index in [0.717, 1.165) is 19.6 Å². The van der Waals surface area contributed by atoms with Crippen LogP contribution >= 0.6 is 0 Å². The second-order valence-corrected chi connectivity index (χ2v) is 6.80. The minimum absolute atomic E-state index is 0.106. The Hall–Kier alpha value is -0.610. The van der Waals surface area contributed by atoms with Gasteiger partial charge in [0.2, 0.25) is 0 Å². The number of ether oxygens (including phenoxy) is 1. The summed E-state index contributed by atoms with van der Waals surface area (Å²) in [6, 6.07) is 1.22. The molecule has 0 radical (unpaired) electrons. The molecule has 0 saturated carbocycles. The van der Waals surface area contributed by atoms with Crippen molar-refractivity contribution < 1.29 is 9.53 Å². The van der Waals surface area contributed by atoms with E-state index >= 15 is 0 Å². The molecule has 2 unspecified atom stereocenters. The minimum atomic E-state index is -0.417. The first-order valence-electron chi connectivity index (χ1n) is 7.50. The van der Waals surface area contributed by atoms with E-state index in [2.05, 4.69) is 16.7 Å². The third kappa shape index (κ3) is 3.29. The summed E-state index contributed by atoms with van der Waals surface area (Å²) in [5.74, 6) is -0.106. The molecule has 0 aromatic rings. The molecule has 0 amide bonds. The van der Waals surface area contributed by atoms with Crippen molar-refractivity contribution in [3.8, 4) is 0 Å². The maximum Gasteiger partial charge on any atom is 0.312 e. The number of rotatable bonds is 3. The van der Waals surface area contributed by atoms with Crippen LogP contribution in [0.25, 0.3) is 0 Å². The average molecular weight is 268 g/mol. The van der Waals surface area contributed by atoms with Crippen molar-refractivity contribution in [2.75, 3.05) is 33.3 Å². The first-order chi connectivity index (χ1) is 8.94. The highest BCUT2D eigenvalue weighted by Gasteiger charge is 2.38. The lowest BCUT2D eigenvalue weighted by Gasteiger charge is -2.49. The van der Waals surface area contributed by atoms with Crippen LogP contribution in [0.15, 0.2) is 0 Å². The largest absolute Gasteiger partial charge is 0.469 e. The Bertz CT molecular complexity index is 330. The zero-order valence-corrected chi connectivity index (χ0v) is 12.8. The normalized spacial score (nSPS) is 29.9. The summed E-state index contributed by atoms with van der Waals surface area (Å²) in [5, 5.41) is 0. The Kier molecular flexibility index (Phi) is 4.51. The number of piperazine rings is 1. The minimum Gasteiger partial charge on any atom is -0.469 e.